The quantitative estimate of drug-likeness (QED) is 0.814. The zero-order valence-corrected chi connectivity index (χ0v) is 9.48. The molecule has 6 heteroatoms. The largest absolute Gasteiger partial charge is 0.279 e. The number of amides is 1. The van der Waals surface area contributed by atoms with Gasteiger partial charge in [-0.05, 0) is 12.1 Å². The van der Waals surface area contributed by atoms with Crippen LogP contribution in [0.5, 0.6) is 0 Å². The van der Waals surface area contributed by atoms with Gasteiger partial charge in [-0.15, -0.1) is 0 Å². The first-order valence-corrected chi connectivity index (χ1v) is 5.23. The minimum absolute atomic E-state index is 0.195. The maximum absolute atomic E-state index is 11.7. The van der Waals surface area contributed by atoms with Gasteiger partial charge in [0.2, 0.25) is 0 Å². The van der Waals surface area contributed by atoms with E-state index < -0.39 is 0 Å². The van der Waals surface area contributed by atoms with E-state index in [1.165, 1.54) is 12.4 Å². The molecule has 17 heavy (non-hydrogen) atoms. The lowest BCUT2D eigenvalue weighted by Crippen LogP contribution is -2.29. The van der Waals surface area contributed by atoms with Gasteiger partial charge in [0.05, 0.1) is 0 Å². The van der Waals surface area contributed by atoms with Crippen LogP contribution < -0.4 is 10.9 Å². The summed E-state index contributed by atoms with van der Waals surface area (Å²) < 4.78 is 0. The van der Waals surface area contributed by atoms with E-state index in [2.05, 4.69) is 20.8 Å². The Kier molecular flexibility index (Phi) is 3.52. The monoisotopic (exact) mass is 248 g/mol. The van der Waals surface area contributed by atoms with Crippen LogP contribution in [0.15, 0.2) is 42.7 Å². The lowest BCUT2D eigenvalue weighted by atomic mass is 10.2. The summed E-state index contributed by atoms with van der Waals surface area (Å²) in [6.45, 7) is 0. The van der Waals surface area contributed by atoms with Crippen molar-refractivity contribution in [3.05, 3.63) is 53.4 Å². The van der Waals surface area contributed by atoms with Gasteiger partial charge in [0.15, 0.2) is 11.0 Å². The molecule has 1 aromatic carbocycles. The van der Waals surface area contributed by atoms with Crippen LogP contribution in [-0.4, -0.2) is 15.9 Å². The van der Waals surface area contributed by atoms with Crippen LogP contribution in [0.4, 0.5) is 5.82 Å². The van der Waals surface area contributed by atoms with Crippen molar-refractivity contribution in [1.82, 2.24) is 15.4 Å². The molecular weight excluding hydrogens is 240 g/mol. The van der Waals surface area contributed by atoms with Crippen LogP contribution in [0.25, 0.3) is 0 Å². The van der Waals surface area contributed by atoms with Crippen molar-refractivity contribution in [1.29, 1.82) is 0 Å². The van der Waals surface area contributed by atoms with Crippen molar-refractivity contribution in [3.63, 3.8) is 0 Å². The molecule has 0 saturated carbocycles. The average Bonchev–Trinajstić information content (AvgIpc) is 2.38. The lowest BCUT2D eigenvalue weighted by molar-refractivity contribution is 0.0962. The third kappa shape index (κ3) is 2.92. The molecule has 2 aromatic rings. The molecule has 0 saturated heterocycles. The van der Waals surface area contributed by atoms with Crippen molar-refractivity contribution in [3.8, 4) is 0 Å². The van der Waals surface area contributed by atoms with E-state index in [1.54, 1.807) is 24.3 Å². The number of hydrogen-bond donors (Lipinski definition) is 2. The molecule has 0 fully saturated rings. The van der Waals surface area contributed by atoms with Crippen LogP contribution in [0, 0.1) is 0 Å². The van der Waals surface area contributed by atoms with E-state index >= 15 is 0 Å². The van der Waals surface area contributed by atoms with Crippen molar-refractivity contribution in [2.24, 2.45) is 0 Å². The van der Waals surface area contributed by atoms with E-state index in [0.717, 1.165) is 0 Å². The Balaban J connectivity index is 2.00. The second kappa shape index (κ2) is 5.27. The molecule has 2 rings (SSSR count). The molecule has 1 amide bonds. The van der Waals surface area contributed by atoms with Crippen LogP contribution in [0.2, 0.25) is 5.15 Å². The third-order valence-electron chi connectivity index (χ3n) is 1.98. The van der Waals surface area contributed by atoms with Gasteiger partial charge in [-0.3, -0.25) is 15.6 Å². The minimum Gasteiger partial charge on any atom is -0.279 e. The number of hydrazine groups is 1. The Morgan fingerprint density at radius 1 is 1.12 bits per heavy atom. The first-order valence-electron chi connectivity index (χ1n) is 4.85. The number of rotatable bonds is 3. The topological polar surface area (TPSA) is 66.9 Å². The highest BCUT2D eigenvalue weighted by Crippen LogP contribution is 2.12. The first kappa shape index (κ1) is 11.3. The molecule has 0 atom stereocenters. The summed E-state index contributed by atoms with van der Waals surface area (Å²) in [5, 5.41) is 0.195. The Bertz CT molecular complexity index is 518. The van der Waals surface area contributed by atoms with Gasteiger partial charge in [0, 0.05) is 18.0 Å². The van der Waals surface area contributed by atoms with Crippen LogP contribution in [-0.2, 0) is 0 Å². The summed E-state index contributed by atoms with van der Waals surface area (Å²) >= 11 is 5.77. The van der Waals surface area contributed by atoms with E-state index in [0.29, 0.717) is 11.4 Å². The highest BCUT2D eigenvalue weighted by molar-refractivity contribution is 6.31. The number of anilines is 1. The van der Waals surface area contributed by atoms with Crippen molar-refractivity contribution < 1.29 is 4.79 Å². The second-order valence-corrected chi connectivity index (χ2v) is 3.50. The third-order valence-corrected chi connectivity index (χ3v) is 2.26. The second-order valence-electron chi connectivity index (χ2n) is 3.14. The van der Waals surface area contributed by atoms with Crippen LogP contribution >= 0.6 is 11.6 Å². The summed E-state index contributed by atoms with van der Waals surface area (Å²) in [4.78, 5) is 19.4. The molecule has 1 aromatic heterocycles. The summed E-state index contributed by atoms with van der Waals surface area (Å²) in [6, 6.07) is 8.81. The zero-order chi connectivity index (χ0) is 12.1. The maximum atomic E-state index is 11.7. The molecule has 0 radical (unpaired) electrons. The van der Waals surface area contributed by atoms with Crippen molar-refractivity contribution in [2.75, 3.05) is 5.43 Å². The summed E-state index contributed by atoms with van der Waals surface area (Å²) in [5.74, 6) is 0.0331. The Labute approximate surface area is 103 Å². The van der Waals surface area contributed by atoms with Gasteiger partial charge >= 0.3 is 0 Å². The van der Waals surface area contributed by atoms with Crippen LogP contribution in [0.1, 0.15) is 10.4 Å². The molecule has 0 aliphatic rings. The number of benzene rings is 1. The van der Waals surface area contributed by atoms with Gasteiger partial charge in [-0.2, -0.15) is 0 Å². The fourth-order valence-corrected chi connectivity index (χ4v) is 1.33. The number of carbonyl (C=O) groups is 1. The SMILES string of the molecule is O=C(NNc1nccnc1Cl)c1ccccc1. The molecule has 0 unspecified atom stereocenters. The average molecular weight is 249 g/mol. The Morgan fingerprint density at radius 3 is 2.53 bits per heavy atom. The number of carbonyl (C=O) groups excluding carboxylic acids is 1. The normalized spacial score (nSPS) is 9.71. The molecular formula is C11H9ClN4O. The van der Waals surface area contributed by atoms with E-state index in [4.69, 9.17) is 11.6 Å². The summed E-state index contributed by atoms with van der Waals surface area (Å²) in [5.41, 5.74) is 5.63. The molecule has 1 heterocycles. The van der Waals surface area contributed by atoms with Gasteiger partial charge in [-0.25, -0.2) is 9.97 Å². The fourth-order valence-electron chi connectivity index (χ4n) is 1.18. The number of aromatic nitrogens is 2. The number of nitrogens with zero attached hydrogens (tertiary/aromatic N) is 2. The molecule has 2 N–H and O–H groups in total. The highest BCUT2D eigenvalue weighted by Gasteiger charge is 2.05. The lowest BCUT2D eigenvalue weighted by Gasteiger charge is -2.07. The van der Waals surface area contributed by atoms with Gasteiger partial charge in [0.25, 0.3) is 5.91 Å². The van der Waals surface area contributed by atoms with Gasteiger partial charge in [0.1, 0.15) is 0 Å². The predicted molar refractivity (Wildman–Crippen MR) is 64.6 cm³/mol. The molecule has 86 valence electrons. The highest BCUT2D eigenvalue weighted by atomic mass is 35.5. The van der Waals surface area contributed by atoms with Gasteiger partial charge in [-0.1, -0.05) is 29.8 Å². The fraction of sp³-hybridized carbons (Fsp3) is 0. The smallest absolute Gasteiger partial charge is 0.269 e. The van der Waals surface area contributed by atoms with Crippen molar-refractivity contribution in [2.45, 2.75) is 0 Å². The minimum atomic E-state index is -0.271. The zero-order valence-electron chi connectivity index (χ0n) is 8.72. The Morgan fingerprint density at radius 2 is 1.82 bits per heavy atom. The molecule has 0 bridgehead atoms. The standard InChI is InChI=1S/C11H9ClN4O/c12-9-10(14-7-6-13-9)15-16-11(17)8-4-2-1-3-5-8/h1-7H,(H,14,15)(H,16,17). The van der Waals surface area contributed by atoms with E-state index in [-0.39, 0.29) is 11.1 Å². The van der Waals surface area contributed by atoms with Gasteiger partial charge < -0.3 is 0 Å². The Hall–Kier alpha value is -2.14. The number of halogens is 1. The van der Waals surface area contributed by atoms with E-state index in [1.807, 2.05) is 6.07 Å². The van der Waals surface area contributed by atoms with Crippen LogP contribution in [0.3, 0.4) is 0 Å². The summed E-state index contributed by atoms with van der Waals surface area (Å²) in [7, 11) is 0. The van der Waals surface area contributed by atoms with Crippen molar-refractivity contribution >= 4 is 23.3 Å². The molecule has 0 aliphatic carbocycles. The molecule has 0 spiro atoms. The molecule has 5 nitrogen and oxygen atoms in total. The molecule has 0 aliphatic heterocycles. The van der Waals surface area contributed by atoms with E-state index in [9.17, 15) is 4.79 Å². The predicted octanol–water partition coefficient (Wildman–Crippen LogP) is 1.89. The first-order chi connectivity index (χ1) is 8.27. The number of nitrogens with one attached hydrogen (secondary N) is 2. The maximum Gasteiger partial charge on any atom is 0.269 e. The number of hydrogen-bond acceptors (Lipinski definition) is 4. The summed E-state index contributed by atoms with van der Waals surface area (Å²) in [6.07, 6.45) is 2.94.